The van der Waals surface area contributed by atoms with Crippen molar-refractivity contribution in [2.75, 3.05) is 0 Å². The van der Waals surface area contributed by atoms with E-state index >= 15 is 0 Å². The second-order valence-electron chi connectivity index (χ2n) is 4.67. The summed E-state index contributed by atoms with van der Waals surface area (Å²) in [6.45, 7) is 0. The summed E-state index contributed by atoms with van der Waals surface area (Å²) in [6, 6.07) is 14.8. The third-order valence-electron chi connectivity index (χ3n) is 3.06. The monoisotopic (exact) mass is 288 g/mol. The molecule has 0 fully saturated rings. The highest BCUT2D eigenvalue weighted by molar-refractivity contribution is 5.75. The molecule has 0 bridgehead atoms. The van der Waals surface area contributed by atoms with Crippen LogP contribution < -0.4 is 0 Å². The van der Waals surface area contributed by atoms with E-state index in [1.807, 2.05) is 60.7 Å². The van der Waals surface area contributed by atoms with Crippen LogP contribution in [-0.2, 0) is 0 Å². The van der Waals surface area contributed by atoms with Gasteiger partial charge in [0, 0.05) is 11.1 Å². The van der Waals surface area contributed by atoms with E-state index in [4.69, 9.17) is 0 Å². The molecule has 0 saturated carbocycles. The van der Waals surface area contributed by atoms with E-state index in [-0.39, 0.29) is 0 Å². The molecule has 0 aliphatic rings. The molecule has 0 amide bonds. The maximum absolute atomic E-state index is 10.5. The number of benzene rings is 2. The fourth-order valence-corrected chi connectivity index (χ4v) is 1.83. The molecular formula is C20H16O2. The smallest absolute Gasteiger partial charge is 0.150 e. The first-order valence-corrected chi connectivity index (χ1v) is 6.94. The first-order valence-electron chi connectivity index (χ1n) is 6.94. The first-order chi connectivity index (χ1) is 10.8. The molecule has 0 heterocycles. The van der Waals surface area contributed by atoms with Crippen LogP contribution in [0.1, 0.15) is 31.8 Å². The Morgan fingerprint density at radius 3 is 1.09 bits per heavy atom. The number of hydrogen-bond acceptors (Lipinski definition) is 2. The van der Waals surface area contributed by atoms with E-state index in [1.54, 1.807) is 24.3 Å². The second kappa shape index (κ2) is 8.32. The van der Waals surface area contributed by atoms with Gasteiger partial charge in [-0.15, -0.1) is 0 Å². The predicted molar refractivity (Wildman–Crippen MR) is 90.9 cm³/mol. The first kappa shape index (κ1) is 15.4. The van der Waals surface area contributed by atoms with Gasteiger partial charge >= 0.3 is 0 Å². The summed E-state index contributed by atoms with van der Waals surface area (Å²) >= 11 is 0. The molecule has 2 nitrogen and oxygen atoms in total. The summed E-state index contributed by atoms with van der Waals surface area (Å²) in [5.41, 5.74) is 3.44. The number of aldehydes is 2. The lowest BCUT2D eigenvalue weighted by Gasteiger charge is -1.93. The number of carbonyl (C=O) groups is 2. The van der Waals surface area contributed by atoms with Crippen molar-refractivity contribution in [3.05, 3.63) is 95.1 Å². The highest BCUT2D eigenvalue weighted by Crippen LogP contribution is 2.06. The Balaban J connectivity index is 1.88. The van der Waals surface area contributed by atoms with Crippen LogP contribution in [0.25, 0.3) is 12.2 Å². The Labute approximate surface area is 130 Å². The Bertz CT molecular complexity index is 639. The topological polar surface area (TPSA) is 34.1 Å². The zero-order chi connectivity index (χ0) is 15.6. The lowest BCUT2D eigenvalue weighted by atomic mass is 10.1. The molecule has 2 heteroatoms. The summed E-state index contributed by atoms with van der Waals surface area (Å²) in [5, 5.41) is 0. The summed E-state index contributed by atoms with van der Waals surface area (Å²) in [4.78, 5) is 21.1. The standard InChI is InChI=1S/C20H16O2/c21-15-19-11-7-17(8-12-19)5-3-1-2-4-6-18-9-13-20(16-22)14-10-18/h1-16H/b2-1-,5-3+,6-4+. The van der Waals surface area contributed by atoms with Crippen LogP contribution in [0.5, 0.6) is 0 Å². The van der Waals surface area contributed by atoms with Crippen LogP contribution >= 0.6 is 0 Å². The van der Waals surface area contributed by atoms with Gasteiger partial charge in [-0.1, -0.05) is 85.0 Å². The molecule has 2 rings (SSSR count). The SMILES string of the molecule is O=Cc1ccc(/C=C/C=C\C=C\c2ccc(C=O)cc2)cc1. The van der Waals surface area contributed by atoms with E-state index in [9.17, 15) is 9.59 Å². The normalized spacial score (nSPS) is 11.5. The number of allylic oxidation sites excluding steroid dienone is 4. The third kappa shape index (κ3) is 4.84. The summed E-state index contributed by atoms with van der Waals surface area (Å²) < 4.78 is 0. The lowest BCUT2D eigenvalue weighted by molar-refractivity contribution is 0.111. The lowest BCUT2D eigenvalue weighted by Crippen LogP contribution is -1.78. The summed E-state index contributed by atoms with van der Waals surface area (Å²) in [6.07, 6.45) is 13.4. The van der Waals surface area contributed by atoms with Gasteiger partial charge in [0.25, 0.3) is 0 Å². The van der Waals surface area contributed by atoms with E-state index in [0.29, 0.717) is 11.1 Å². The van der Waals surface area contributed by atoms with Gasteiger partial charge in [-0.25, -0.2) is 0 Å². The van der Waals surface area contributed by atoms with Crippen molar-refractivity contribution in [1.82, 2.24) is 0 Å². The van der Waals surface area contributed by atoms with Crippen LogP contribution in [0.15, 0.2) is 72.8 Å². The molecule has 0 aliphatic heterocycles. The van der Waals surface area contributed by atoms with Crippen LogP contribution in [0, 0.1) is 0 Å². The van der Waals surface area contributed by atoms with Gasteiger partial charge < -0.3 is 0 Å². The maximum Gasteiger partial charge on any atom is 0.150 e. The van der Waals surface area contributed by atoms with Crippen LogP contribution in [-0.4, -0.2) is 12.6 Å². The fourth-order valence-electron chi connectivity index (χ4n) is 1.83. The minimum atomic E-state index is 0.677. The largest absolute Gasteiger partial charge is 0.298 e. The van der Waals surface area contributed by atoms with E-state index in [0.717, 1.165) is 23.7 Å². The van der Waals surface area contributed by atoms with Crippen LogP contribution in [0.2, 0.25) is 0 Å². The van der Waals surface area contributed by atoms with Crippen molar-refractivity contribution in [2.45, 2.75) is 0 Å². The molecule has 2 aromatic carbocycles. The number of rotatable bonds is 6. The van der Waals surface area contributed by atoms with Crippen molar-refractivity contribution < 1.29 is 9.59 Å². The molecule has 0 unspecified atom stereocenters. The molecule has 0 spiro atoms. The molecule has 22 heavy (non-hydrogen) atoms. The minimum absolute atomic E-state index is 0.677. The number of carbonyl (C=O) groups excluding carboxylic acids is 2. The van der Waals surface area contributed by atoms with Crippen LogP contribution in [0.3, 0.4) is 0 Å². The van der Waals surface area contributed by atoms with Crippen molar-refractivity contribution in [2.24, 2.45) is 0 Å². The summed E-state index contributed by atoms with van der Waals surface area (Å²) in [7, 11) is 0. The minimum Gasteiger partial charge on any atom is -0.298 e. The average Bonchev–Trinajstić information content (AvgIpc) is 2.59. The van der Waals surface area contributed by atoms with Crippen molar-refractivity contribution in [3.8, 4) is 0 Å². The summed E-state index contributed by atoms with van der Waals surface area (Å²) in [5.74, 6) is 0. The zero-order valence-electron chi connectivity index (χ0n) is 12.1. The molecule has 0 N–H and O–H groups in total. The second-order valence-corrected chi connectivity index (χ2v) is 4.67. The van der Waals surface area contributed by atoms with Gasteiger partial charge in [0.05, 0.1) is 0 Å². The molecule has 0 saturated heterocycles. The molecule has 0 aliphatic carbocycles. The molecular weight excluding hydrogens is 272 g/mol. The molecule has 2 aromatic rings. The Morgan fingerprint density at radius 2 is 0.773 bits per heavy atom. The van der Waals surface area contributed by atoms with Crippen molar-refractivity contribution in [3.63, 3.8) is 0 Å². The van der Waals surface area contributed by atoms with Gasteiger partial charge in [-0.3, -0.25) is 9.59 Å². The third-order valence-corrected chi connectivity index (χ3v) is 3.06. The maximum atomic E-state index is 10.5. The Morgan fingerprint density at radius 1 is 0.455 bits per heavy atom. The fraction of sp³-hybridized carbons (Fsp3) is 0. The van der Waals surface area contributed by atoms with Crippen molar-refractivity contribution >= 4 is 24.7 Å². The van der Waals surface area contributed by atoms with Crippen molar-refractivity contribution in [1.29, 1.82) is 0 Å². The van der Waals surface area contributed by atoms with E-state index < -0.39 is 0 Å². The van der Waals surface area contributed by atoms with E-state index in [1.165, 1.54) is 0 Å². The van der Waals surface area contributed by atoms with Crippen LogP contribution in [0.4, 0.5) is 0 Å². The quantitative estimate of drug-likeness (QED) is 0.575. The van der Waals surface area contributed by atoms with Gasteiger partial charge in [-0.05, 0) is 11.1 Å². The highest BCUT2D eigenvalue weighted by Gasteiger charge is 1.89. The van der Waals surface area contributed by atoms with Gasteiger partial charge in [-0.2, -0.15) is 0 Å². The van der Waals surface area contributed by atoms with Gasteiger partial charge in [0.15, 0.2) is 0 Å². The highest BCUT2D eigenvalue weighted by atomic mass is 16.1. The molecule has 0 atom stereocenters. The molecule has 108 valence electrons. The predicted octanol–water partition coefficient (Wildman–Crippen LogP) is 4.59. The molecule has 0 aromatic heterocycles. The van der Waals surface area contributed by atoms with Gasteiger partial charge in [0.2, 0.25) is 0 Å². The Hall–Kier alpha value is -3.00. The van der Waals surface area contributed by atoms with Gasteiger partial charge in [0.1, 0.15) is 12.6 Å². The zero-order valence-corrected chi connectivity index (χ0v) is 12.1. The Kier molecular flexibility index (Phi) is 5.82. The molecule has 0 radical (unpaired) electrons. The van der Waals surface area contributed by atoms with E-state index in [2.05, 4.69) is 0 Å². The number of hydrogen-bond donors (Lipinski definition) is 0. The average molecular weight is 288 g/mol.